The van der Waals surface area contributed by atoms with E-state index in [1.165, 1.54) is 0 Å². The van der Waals surface area contributed by atoms with Crippen LogP contribution in [0.4, 0.5) is 0 Å². The smallest absolute Gasteiger partial charge is 0.255 e. The molecular formula is C16H20N2O. The van der Waals surface area contributed by atoms with E-state index in [9.17, 15) is 4.79 Å². The Labute approximate surface area is 114 Å². The summed E-state index contributed by atoms with van der Waals surface area (Å²) in [5, 5.41) is 0. The van der Waals surface area contributed by atoms with Crippen LogP contribution in [0.2, 0.25) is 0 Å². The number of aryl methyl sites for hydroxylation is 2. The van der Waals surface area contributed by atoms with Gasteiger partial charge in [0.25, 0.3) is 5.91 Å². The molecule has 1 amide bonds. The van der Waals surface area contributed by atoms with Crippen LogP contribution in [0, 0.1) is 13.8 Å². The van der Waals surface area contributed by atoms with Crippen LogP contribution in [0.1, 0.15) is 34.2 Å². The van der Waals surface area contributed by atoms with Gasteiger partial charge in [-0.05, 0) is 32.4 Å². The molecule has 0 atom stereocenters. The molecule has 1 aromatic carbocycles. The fourth-order valence-corrected chi connectivity index (χ4v) is 2.25. The van der Waals surface area contributed by atoms with Crippen molar-refractivity contribution in [3.8, 4) is 0 Å². The van der Waals surface area contributed by atoms with Crippen LogP contribution in [0.25, 0.3) is 0 Å². The van der Waals surface area contributed by atoms with Crippen LogP contribution in [-0.4, -0.2) is 22.3 Å². The molecule has 0 unspecified atom stereocenters. The molecule has 0 fully saturated rings. The van der Waals surface area contributed by atoms with Crippen molar-refractivity contribution in [2.24, 2.45) is 0 Å². The van der Waals surface area contributed by atoms with Crippen molar-refractivity contribution in [3.63, 3.8) is 0 Å². The Morgan fingerprint density at radius 1 is 1.21 bits per heavy atom. The van der Waals surface area contributed by atoms with E-state index in [4.69, 9.17) is 0 Å². The van der Waals surface area contributed by atoms with E-state index in [-0.39, 0.29) is 5.91 Å². The first-order chi connectivity index (χ1) is 9.11. The number of aromatic nitrogens is 1. The minimum absolute atomic E-state index is 0.0909. The number of nitrogens with one attached hydrogen (secondary N) is 1. The van der Waals surface area contributed by atoms with E-state index in [0.717, 1.165) is 22.5 Å². The summed E-state index contributed by atoms with van der Waals surface area (Å²) in [5.74, 6) is 0.0909. The largest absolute Gasteiger partial charge is 0.362 e. The molecule has 3 nitrogen and oxygen atoms in total. The number of carbonyl (C=O) groups is 1. The number of hydrogen-bond acceptors (Lipinski definition) is 1. The summed E-state index contributed by atoms with van der Waals surface area (Å²) in [5.41, 5.74) is 3.89. The van der Waals surface area contributed by atoms with Crippen LogP contribution in [0.15, 0.2) is 36.4 Å². The third-order valence-electron chi connectivity index (χ3n) is 3.27. The predicted octanol–water partition coefficient (Wildman–Crippen LogP) is 3.29. The standard InChI is InChI=1S/C16H20N2O/c1-4-18(11-14-8-6-5-7-9-14)16(19)15-10-12(2)17-13(15)3/h5-10,17H,4,11H2,1-3H3. The van der Waals surface area contributed by atoms with Gasteiger partial charge in [-0.2, -0.15) is 0 Å². The van der Waals surface area contributed by atoms with Gasteiger partial charge in [0.05, 0.1) is 5.56 Å². The lowest BCUT2D eigenvalue weighted by Crippen LogP contribution is -2.30. The highest BCUT2D eigenvalue weighted by Crippen LogP contribution is 2.14. The van der Waals surface area contributed by atoms with Crippen molar-refractivity contribution in [3.05, 3.63) is 58.9 Å². The normalized spacial score (nSPS) is 10.5. The Morgan fingerprint density at radius 2 is 1.89 bits per heavy atom. The van der Waals surface area contributed by atoms with Gasteiger partial charge in [0.15, 0.2) is 0 Å². The van der Waals surface area contributed by atoms with Gasteiger partial charge in [-0.1, -0.05) is 30.3 Å². The van der Waals surface area contributed by atoms with Gasteiger partial charge in [0.2, 0.25) is 0 Å². The number of amides is 1. The second-order valence-electron chi connectivity index (χ2n) is 4.80. The Balaban J connectivity index is 2.18. The summed E-state index contributed by atoms with van der Waals surface area (Å²) in [6.45, 7) is 7.28. The molecule has 0 bridgehead atoms. The molecule has 0 aliphatic heterocycles. The Morgan fingerprint density at radius 3 is 2.42 bits per heavy atom. The van der Waals surface area contributed by atoms with Crippen LogP contribution < -0.4 is 0 Å². The second kappa shape index (κ2) is 5.74. The van der Waals surface area contributed by atoms with Crippen LogP contribution in [0.3, 0.4) is 0 Å². The number of carbonyl (C=O) groups excluding carboxylic acids is 1. The van der Waals surface area contributed by atoms with Crippen molar-refractivity contribution in [1.29, 1.82) is 0 Å². The second-order valence-corrected chi connectivity index (χ2v) is 4.80. The van der Waals surface area contributed by atoms with E-state index in [1.54, 1.807) is 0 Å². The lowest BCUT2D eigenvalue weighted by molar-refractivity contribution is 0.0752. The minimum atomic E-state index is 0.0909. The van der Waals surface area contributed by atoms with E-state index in [1.807, 2.05) is 62.1 Å². The van der Waals surface area contributed by atoms with Gasteiger partial charge < -0.3 is 9.88 Å². The third kappa shape index (κ3) is 3.05. The highest BCUT2D eigenvalue weighted by molar-refractivity contribution is 5.95. The summed E-state index contributed by atoms with van der Waals surface area (Å²) in [6, 6.07) is 12.0. The number of aromatic amines is 1. The fourth-order valence-electron chi connectivity index (χ4n) is 2.25. The van der Waals surface area contributed by atoms with E-state index < -0.39 is 0 Å². The van der Waals surface area contributed by atoms with Crippen molar-refractivity contribution < 1.29 is 4.79 Å². The summed E-state index contributed by atoms with van der Waals surface area (Å²) in [6.07, 6.45) is 0. The summed E-state index contributed by atoms with van der Waals surface area (Å²) < 4.78 is 0. The molecule has 0 radical (unpaired) electrons. The number of benzene rings is 1. The maximum atomic E-state index is 12.5. The highest BCUT2D eigenvalue weighted by Gasteiger charge is 2.17. The average Bonchev–Trinajstić information content (AvgIpc) is 2.75. The van der Waals surface area contributed by atoms with Crippen LogP contribution >= 0.6 is 0 Å². The zero-order valence-electron chi connectivity index (χ0n) is 11.7. The first-order valence-corrected chi connectivity index (χ1v) is 6.61. The third-order valence-corrected chi connectivity index (χ3v) is 3.27. The fraction of sp³-hybridized carbons (Fsp3) is 0.312. The molecular weight excluding hydrogens is 236 g/mol. The van der Waals surface area contributed by atoms with Crippen molar-refractivity contribution in [2.45, 2.75) is 27.3 Å². The molecule has 0 spiro atoms. The number of hydrogen-bond donors (Lipinski definition) is 1. The molecule has 0 aliphatic carbocycles. The van der Waals surface area contributed by atoms with Gasteiger partial charge in [-0.3, -0.25) is 4.79 Å². The monoisotopic (exact) mass is 256 g/mol. The molecule has 100 valence electrons. The molecule has 19 heavy (non-hydrogen) atoms. The zero-order chi connectivity index (χ0) is 13.8. The molecule has 2 rings (SSSR count). The predicted molar refractivity (Wildman–Crippen MR) is 77.1 cm³/mol. The molecule has 1 aromatic heterocycles. The van der Waals surface area contributed by atoms with Crippen molar-refractivity contribution in [1.82, 2.24) is 9.88 Å². The lowest BCUT2D eigenvalue weighted by Gasteiger charge is -2.21. The number of rotatable bonds is 4. The molecule has 0 aliphatic rings. The quantitative estimate of drug-likeness (QED) is 0.895. The molecule has 1 heterocycles. The Bertz CT molecular complexity index is 557. The molecule has 0 saturated heterocycles. The first-order valence-electron chi connectivity index (χ1n) is 6.61. The maximum absolute atomic E-state index is 12.5. The van der Waals surface area contributed by atoms with E-state index >= 15 is 0 Å². The van der Waals surface area contributed by atoms with E-state index in [2.05, 4.69) is 4.98 Å². The zero-order valence-corrected chi connectivity index (χ0v) is 11.7. The Kier molecular flexibility index (Phi) is 4.05. The number of H-pyrrole nitrogens is 1. The molecule has 0 saturated carbocycles. The van der Waals surface area contributed by atoms with E-state index in [0.29, 0.717) is 13.1 Å². The van der Waals surface area contributed by atoms with Gasteiger partial charge in [0, 0.05) is 24.5 Å². The SMILES string of the molecule is CCN(Cc1ccccc1)C(=O)c1cc(C)[nH]c1C. The molecule has 3 heteroatoms. The molecule has 1 N–H and O–H groups in total. The Hall–Kier alpha value is -2.03. The topological polar surface area (TPSA) is 36.1 Å². The first kappa shape index (κ1) is 13.4. The maximum Gasteiger partial charge on any atom is 0.255 e. The van der Waals surface area contributed by atoms with Gasteiger partial charge in [-0.25, -0.2) is 0 Å². The summed E-state index contributed by atoms with van der Waals surface area (Å²) >= 11 is 0. The molecule has 2 aromatic rings. The lowest BCUT2D eigenvalue weighted by atomic mass is 10.1. The van der Waals surface area contributed by atoms with Gasteiger partial charge in [-0.15, -0.1) is 0 Å². The van der Waals surface area contributed by atoms with Crippen molar-refractivity contribution in [2.75, 3.05) is 6.54 Å². The van der Waals surface area contributed by atoms with Crippen LogP contribution in [0.5, 0.6) is 0 Å². The average molecular weight is 256 g/mol. The summed E-state index contributed by atoms with van der Waals surface area (Å²) in [7, 11) is 0. The summed E-state index contributed by atoms with van der Waals surface area (Å²) in [4.78, 5) is 17.6. The highest BCUT2D eigenvalue weighted by atomic mass is 16.2. The van der Waals surface area contributed by atoms with Gasteiger partial charge in [0.1, 0.15) is 0 Å². The minimum Gasteiger partial charge on any atom is -0.362 e. The van der Waals surface area contributed by atoms with Crippen molar-refractivity contribution >= 4 is 5.91 Å². The number of nitrogens with zero attached hydrogens (tertiary/aromatic N) is 1. The van der Waals surface area contributed by atoms with Crippen LogP contribution in [-0.2, 0) is 6.54 Å². The van der Waals surface area contributed by atoms with Gasteiger partial charge >= 0.3 is 0 Å².